The van der Waals surface area contributed by atoms with Crippen LogP contribution in [0.25, 0.3) is 0 Å². The van der Waals surface area contributed by atoms with Crippen molar-refractivity contribution in [2.45, 2.75) is 19.1 Å². The molecule has 3 rings (SSSR count). The maximum absolute atomic E-state index is 5.47. The Morgan fingerprint density at radius 3 is 2.83 bits per heavy atom. The van der Waals surface area contributed by atoms with Gasteiger partial charge in [0.25, 0.3) is 0 Å². The fourth-order valence-electron chi connectivity index (χ4n) is 2.34. The first kappa shape index (κ1) is 16.3. The molecule has 0 amide bonds. The Bertz CT molecular complexity index is 698. The first-order valence-electron chi connectivity index (χ1n) is 7.66. The van der Waals surface area contributed by atoms with Gasteiger partial charge < -0.3 is 24.6 Å². The van der Waals surface area contributed by atoms with Gasteiger partial charge in [0.05, 0.1) is 32.2 Å². The molecule has 0 saturated carbocycles. The van der Waals surface area contributed by atoms with E-state index in [1.54, 1.807) is 13.4 Å². The van der Waals surface area contributed by atoms with E-state index < -0.39 is 0 Å². The van der Waals surface area contributed by atoms with Crippen LogP contribution in [0.3, 0.4) is 0 Å². The topological polar surface area (TPSA) is 68.0 Å². The van der Waals surface area contributed by atoms with Crippen molar-refractivity contribution in [2.75, 3.05) is 13.7 Å². The Kier molecular flexibility index (Phi) is 5.32. The zero-order valence-corrected chi connectivity index (χ0v) is 14.1. The van der Waals surface area contributed by atoms with Crippen LogP contribution in [0.4, 0.5) is 0 Å². The maximum Gasteiger partial charge on any atom is 0.166 e. The standard InChI is InChI=1S/C17H19N3O3S/c1-21-13-6-4-12(5-7-13)16-9-15(23-20-16)11-19-17(24)18-10-14-3-2-8-22-14/h2-8,15H,9-11H2,1H3,(H2,18,19,24)/t15-/m1/s1. The van der Waals surface area contributed by atoms with Crippen LogP contribution in [-0.4, -0.2) is 30.6 Å². The first-order chi connectivity index (χ1) is 11.7. The zero-order valence-electron chi connectivity index (χ0n) is 13.3. The molecule has 0 spiro atoms. The highest BCUT2D eigenvalue weighted by Gasteiger charge is 2.22. The van der Waals surface area contributed by atoms with Crippen molar-refractivity contribution < 1.29 is 14.0 Å². The van der Waals surface area contributed by atoms with Crippen molar-refractivity contribution >= 4 is 23.0 Å². The van der Waals surface area contributed by atoms with E-state index in [2.05, 4.69) is 15.8 Å². The number of benzene rings is 1. The van der Waals surface area contributed by atoms with Gasteiger partial charge in [-0.2, -0.15) is 0 Å². The number of hydrogen-bond donors (Lipinski definition) is 2. The molecule has 0 unspecified atom stereocenters. The molecular formula is C17H19N3O3S. The minimum absolute atomic E-state index is 0.0366. The molecule has 1 aromatic carbocycles. The molecule has 2 aromatic rings. The third-order valence-electron chi connectivity index (χ3n) is 3.65. The Hall–Kier alpha value is -2.54. The van der Waals surface area contributed by atoms with Crippen molar-refractivity contribution in [2.24, 2.45) is 5.16 Å². The van der Waals surface area contributed by atoms with E-state index >= 15 is 0 Å². The van der Waals surface area contributed by atoms with Gasteiger partial charge in [-0.1, -0.05) is 5.16 Å². The lowest BCUT2D eigenvalue weighted by molar-refractivity contribution is 0.0885. The zero-order chi connectivity index (χ0) is 16.8. The van der Waals surface area contributed by atoms with E-state index in [4.69, 9.17) is 26.2 Å². The van der Waals surface area contributed by atoms with Crippen LogP contribution in [0.1, 0.15) is 17.7 Å². The summed E-state index contributed by atoms with van der Waals surface area (Å²) in [7, 11) is 1.65. The quantitative estimate of drug-likeness (QED) is 0.784. The van der Waals surface area contributed by atoms with Crippen molar-refractivity contribution in [3.05, 3.63) is 54.0 Å². The van der Waals surface area contributed by atoms with Crippen LogP contribution in [-0.2, 0) is 11.4 Å². The van der Waals surface area contributed by atoms with Crippen LogP contribution in [0.5, 0.6) is 5.75 Å². The molecule has 2 N–H and O–H groups in total. The fraction of sp³-hybridized carbons (Fsp3) is 0.294. The summed E-state index contributed by atoms with van der Waals surface area (Å²) >= 11 is 5.24. The molecule has 0 saturated heterocycles. The van der Waals surface area contributed by atoms with Crippen LogP contribution >= 0.6 is 12.2 Å². The van der Waals surface area contributed by atoms with Crippen LogP contribution in [0.15, 0.2) is 52.2 Å². The molecule has 2 heterocycles. The minimum Gasteiger partial charge on any atom is -0.497 e. The monoisotopic (exact) mass is 345 g/mol. The molecule has 0 radical (unpaired) electrons. The maximum atomic E-state index is 5.47. The van der Waals surface area contributed by atoms with Gasteiger partial charge in [0.2, 0.25) is 0 Å². The molecule has 7 heteroatoms. The summed E-state index contributed by atoms with van der Waals surface area (Å²) in [5, 5.41) is 10.9. The smallest absolute Gasteiger partial charge is 0.166 e. The van der Waals surface area contributed by atoms with Crippen molar-refractivity contribution in [1.82, 2.24) is 10.6 Å². The second kappa shape index (κ2) is 7.83. The summed E-state index contributed by atoms with van der Waals surface area (Å²) in [6.07, 6.45) is 2.34. The largest absolute Gasteiger partial charge is 0.497 e. The van der Waals surface area contributed by atoms with Crippen LogP contribution < -0.4 is 15.4 Å². The SMILES string of the molecule is COc1ccc(C2=NO[C@@H](CNC(=S)NCc3ccco3)C2)cc1. The van der Waals surface area contributed by atoms with E-state index in [-0.39, 0.29) is 6.10 Å². The lowest BCUT2D eigenvalue weighted by atomic mass is 10.0. The Morgan fingerprint density at radius 1 is 1.29 bits per heavy atom. The van der Waals surface area contributed by atoms with Gasteiger partial charge in [-0.15, -0.1) is 0 Å². The third kappa shape index (κ3) is 4.26. The predicted octanol–water partition coefficient (Wildman–Crippen LogP) is 2.45. The summed E-state index contributed by atoms with van der Waals surface area (Å²) < 4.78 is 10.4. The van der Waals surface area contributed by atoms with E-state index in [0.717, 1.165) is 29.2 Å². The molecule has 6 nitrogen and oxygen atoms in total. The van der Waals surface area contributed by atoms with Gasteiger partial charge in [-0.05, 0) is 54.2 Å². The predicted molar refractivity (Wildman–Crippen MR) is 95.2 cm³/mol. The molecule has 1 atom stereocenters. The summed E-state index contributed by atoms with van der Waals surface area (Å²) in [5.41, 5.74) is 1.97. The van der Waals surface area contributed by atoms with Crippen LogP contribution in [0, 0.1) is 0 Å². The van der Waals surface area contributed by atoms with Gasteiger partial charge in [-0.3, -0.25) is 0 Å². The number of rotatable bonds is 6. The highest BCUT2D eigenvalue weighted by molar-refractivity contribution is 7.80. The fourth-order valence-corrected chi connectivity index (χ4v) is 2.50. The lowest BCUT2D eigenvalue weighted by Crippen LogP contribution is -2.39. The van der Waals surface area contributed by atoms with Gasteiger partial charge in [0, 0.05) is 6.42 Å². The molecular weight excluding hydrogens is 326 g/mol. The first-order valence-corrected chi connectivity index (χ1v) is 8.06. The number of methoxy groups -OCH3 is 1. The summed E-state index contributed by atoms with van der Waals surface area (Å²) in [6.45, 7) is 1.14. The molecule has 1 aliphatic rings. The normalized spacial score (nSPS) is 16.2. The van der Waals surface area contributed by atoms with Crippen molar-refractivity contribution in [3.8, 4) is 5.75 Å². The number of hydrogen-bond acceptors (Lipinski definition) is 5. The Morgan fingerprint density at radius 2 is 2.12 bits per heavy atom. The van der Waals surface area contributed by atoms with Gasteiger partial charge in [0.1, 0.15) is 17.6 Å². The molecule has 126 valence electrons. The van der Waals surface area contributed by atoms with Gasteiger partial charge in [-0.25, -0.2) is 0 Å². The van der Waals surface area contributed by atoms with E-state index in [0.29, 0.717) is 18.2 Å². The van der Waals surface area contributed by atoms with E-state index in [1.165, 1.54) is 0 Å². The summed E-state index contributed by atoms with van der Waals surface area (Å²) in [5.74, 6) is 1.66. The number of furan rings is 1. The van der Waals surface area contributed by atoms with Crippen LogP contribution in [0.2, 0.25) is 0 Å². The summed E-state index contributed by atoms with van der Waals surface area (Å²) in [4.78, 5) is 5.47. The molecule has 0 fully saturated rings. The van der Waals surface area contributed by atoms with E-state index in [1.807, 2.05) is 36.4 Å². The summed E-state index contributed by atoms with van der Waals surface area (Å²) in [6, 6.07) is 11.5. The minimum atomic E-state index is -0.0366. The number of oxime groups is 1. The number of nitrogens with one attached hydrogen (secondary N) is 2. The molecule has 1 aliphatic heterocycles. The third-order valence-corrected chi connectivity index (χ3v) is 3.94. The number of thiocarbonyl (C=S) groups is 1. The average molecular weight is 345 g/mol. The number of nitrogens with zero attached hydrogens (tertiary/aromatic N) is 1. The Labute approximate surface area is 145 Å². The second-order valence-electron chi connectivity index (χ2n) is 5.34. The molecule has 24 heavy (non-hydrogen) atoms. The van der Waals surface area contributed by atoms with Crippen molar-refractivity contribution in [3.63, 3.8) is 0 Å². The van der Waals surface area contributed by atoms with Gasteiger partial charge in [0.15, 0.2) is 5.11 Å². The Balaban J connectivity index is 1.41. The average Bonchev–Trinajstić information content (AvgIpc) is 3.30. The highest BCUT2D eigenvalue weighted by atomic mass is 32.1. The second-order valence-corrected chi connectivity index (χ2v) is 5.75. The highest BCUT2D eigenvalue weighted by Crippen LogP contribution is 2.19. The molecule has 0 bridgehead atoms. The number of ether oxygens (including phenoxy) is 1. The van der Waals surface area contributed by atoms with Gasteiger partial charge >= 0.3 is 0 Å². The van der Waals surface area contributed by atoms with E-state index in [9.17, 15) is 0 Å². The van der Waals surface area contributed by atoms with Crippen molar-refractivity contribution in [1.29, 1.82) is 0 Å². The molecule has 1 aromatic heterocycles. The molecule has 0 aliphatic carbocycles. The lowest BCUT2D eigenvalue weighted by Gasteiger charge is -2.12.